The molecule has 0 radical (unpaired) electrons. The second-order valence-electron chi connectivity index (χ2n) is 14.8. The molecule has 0 saturated carbocycles. The SMILES string of the molecule is CCCCCCCCCCCCCCCCCc1n(CCCCCCCCCC)cc[n+]1CCCCCCCCCCCCC. The molecule has 0 spiro atoms. The minimum atomic E-state index is 1.23. The third kappa shape index (κ3) is 26.9. The third-order valence-electron chi connectivity index (χ3n) is 10.3. The van der Waals surface area contributed by atoms with Crippen molar-refractivity contribution in [3.63, 3.8) is 0 Å². The van der Waals surface area contributed by atoms with Gasteiger partial charge >= 0.3 is 0 Å². The van der Waals surface area contributed by atoms with Crippen LogP contribution in [0, 0.1) is 0 Å². The Morgan fingerprint density at radius 1 is 0.378 bits per heavy atom. The molecular formula is C43H85N2+. The van der Waals surface area contributed by atoms with Gasteiger partial charge in [-0.15, -0.1) is 0 Å². The van der Waals surface area contributed by atoms with Crippen LogP contribution in [0.15, 0.2) is 12.4 Å². The fraction of sp³-hybridized carbons (Fsp3) is 0.930. The second kappa shape index (κ2) is 34.5. The van der Waals surface area contributed by atoms with Crippen LogP contribution in [0.25, 0.3) is 0 Å². The summed E-state index contributed by atoms with van der Waals surface area (Å²) in [5.41, 5.74) is 0. The maximum atomic E-state index is 2.64. The molecule has 2 nitrogen and oxygen atoms in total. The fourth-order valence-corrected chi connectivity index (χ4v) is 7.21. The summed E-state index contributed by atoms with van der Waals surface area (Å²) in [5.74, 6) is 1.62. The largest absolute Gasteiger partial charge is 0.256 e. The Hall–Kier alpha value is -0.790. The van der Waals surface area contributed by atoms with E-state index in [-0.39, 0.29) is 0 Å². The van der Waals surface area contributed by atoms with Gasteiger partial charge in [-0.2, -0.15) is 0 Å². The molecule has 0 aliphatic rings. The van der Waals surface area contributed by atoms with Crippen molar-refractivity contribution < 1.29 is 4.57 Å². The maximum absolute atomic E-state index is 2.64. The van der Waals surface area contributed by atoms with Gasteiger partial charge in [0.1, 0.15) is 12.4 Å². The van der Waals surface area contributed by atoms with Gasteiger partial charge < -0.3 is 0 Å². The number of unbranched alkanes of at least 4 members (excludes halogenated alkanes) is 31. The molecule has 0 amide bonds. The lowest BCUT2D eigenvalue weighted by Crippen LogP contribution is -2.37. The van der Waals surface area contributed by atoms with E-state index in [1.54, 1.807) is 5.82 Å². The normalized spacial score (nSPS) is 11.6. The van der Waals surface area contributed by atoms with Crippen LogP contribution in [0.1, 0.15) is 245 Å². The zero-order valence-electron chi connectivity index (χ0n) is 31.7. The third-order valence-corrected chi connectivity index (χ3v) is 10.3. The molecule has 1 aromatic rings. The Bertz CT molecular complexity index is 692. The molecule has 0 bridgehead atoms. The highest BCUT2D eigenvalue weighted by Crippen LogP contribution is 2.16. The standard InChI is InChI=1S/C43H85N2/c1-4-7-10-13-16-19-21-22-23-24-25-27-29-32-35-38-43-44(39-36-33-30-18-15-12-9-6-3)41-42-45(43)40-37-34-31-28-26-20-17-14-11-8-5-2/h41-42H,4-40H2,1-3H3/q+1. The number of imidazole rings is 1. The van der Waals surface area contributed by atoms with E-state index in [0.717, 1.165) is 0 Å². The van der Waals surface area contributed by atoms with Crippen LogP contribution in [0.4, 0.5) is 0 Å². The van der Waals surface area contributed by atoms with Crippen LogP contribution < -0.4 is 4.57 Å². The number of rotatable bonds is 37. The van der Waals surface area contributed by atoms with Crippen molar-refractivity contribution in [2.75, 3.05) is 0 Å². The topological polar surface area (TPSA) is 8.81 Å². The summed E-state index contributed by atoms with van der Waals surface area (Å²) < 4.78 is 5.28. The Labute approximate surface area is 285 Å². The highest BCUT2D eigenvalue weighted by Gasteiger charge is 2.16. The van der Waals surface area contributed by atoms with Gasteiger partial charge in [0.05, 0.1) is 13.1 Å². The summed E-state index contributed by atoms with van der Waals surface area (Å²) in [5, 5.41) is 0. The van der Waals surface area contributed by atoms with Gasteiger partial charge in [-0.3, -0.25) is 0 Å². The lowest BCUT2D eigenvalue weighted by molar-refractivity contribution is -0.704. The predicted molar refractivity (Wildman–Crippen MR) is 202 cm³/mol. The molecule has 0 aliphatic carbocycles. The van der Waals surface area contributed by atoms with Crippen LogP contribution in [0.3, 0.4) is 0 Å². The van der Waals surface area contributed by atoms with Crippen LogP contribution in [-0.2, 0) is 19.5 Å². The summed E-state index contributed by atoms with van der Waals surface area (Å²) in [6.07, 6.45) is 54.9. The van der Waals surface area contributed by atoms with E-state index in [1.165, 1.54) is 238 Å². The van der Waals surface area contributed by atoms with E-state index in [1.807, 2.05) is 0 Å². The van der Waals surface area contributed by atoms with Crippen molar-refractivity contribution in [1.29, 1.82) is 0 Å². The highest BCUT2D eigenvalue weighted by atomic mass is 15.1. The molecule has 0 aromatic carbocycles. The van der Waals surface area contributed by atoms with Gasteiger partial charge in [-0.05, 0) is 32.1 Å². The predicted octanol–water partition coefficient (Wildman–Crippen LogP) is 14.6. The molecule has 0 N–H and O–H groups in total. The zero-order chi connectivity index (χ0) is 32.3. The van der Waals surface area contributed by atoms with Crippen molar-refractivity contribution in [2.45, 2.75) is 259 Å². The van der Waals surface area contributed by atoms with E-state index >= 15 is 0 Å². The molecule has 1 heterocycles. The molecule has 266 valence electrons. The van der Waals surface area contributed by atoms with Crippen molar-refractivity contribution in [3.05, 3.63) is 18.2 Å². The molecule has 0 aliphatic heterocycles. The van der Waals surface area contributed by atoms with Crippen LogP contribution in [-0.4, -0.2) is 4.57 Å². The lowest BCUT2D eigenvalue weighted by atomic mass is 10.0. The summed E-state index contributed by atoms with van der Waals surface area (Å²) in [6.45, 7) is 9.41. The first kappa shape index (κ1) is 42.2. The average Bonchev–Trinajstić information content (AvgIpc) is 3.43. The van der Waals surface area contributed by atoms with E-state index in [2.05, 4.69) is 42.3 Å². The summed E-state index contributed by atoms with van der Waals surface area (Å²) in [7, 11) is 0. The molecule has 0 fully saturated rings. The van der Waals surface area contributed by atoms with Crippen LogP contribution in [0.5, 0.6) is 0 Å². The van der Waals surface area contributed by atoms with Gasteiger partial charge in [0.2, 0.25) is 0 Å². The van der Waals surface area contributed by atoms with Gasteiger partial charge in [-0.25, -0.2) is 9.13 Å². The lowest BCUT2D eigenvalue weighted by Gasteiger charge is -2.07. The Balaban J connectivity index is 2.26. The van der Waals surface area contributed by atoms with Gasteiger partial charge in [0, 0.05) is 6.42 Å². The molecule has 45 heavy (non-hydrogen) atoms. The minimum absolute atomic E-state index is 1.23. The first-order valence-electron chi connectivity index (χ1n) is 21.4. The maximum Gasteiger partial charge on any atom is 0.256 e. The van der Waals surface area contributed by atoms with E-state index in [4.69, 9.17) is 0 Å². The Kier molecular flexibility index (Phi) is 32.4. The summed E-state index contributed by atoms with van der Waals surface area (Å²) in [6, 6.07) is 0. The number of aromatic nitrogens is 2. The number of hydrogen-bond acceptors (Lipinski definition) is 0. The molecule has 0 unspecified atom stereocenters. The number of hydrogen-bond donors (Lipinski definition) is 0. The number of nitrogens with zero attached hydrogens (tertiary/aromatic N) is 2. The Morgan fingerprint density at radius 2 is 0.689 bits per heavy atom. The minimum Gasteiger partial charge on any atom is -0.234 e. The monoisotopic (exact) mass is 630 g/mol. The van der Waals surface area contributed by atoms with E-state index in [9.17, 15) is 0 Å². The van der Waals surface area contributed by atoms with E-state index < -0.39 is 0 Å². The molecule has 1 rings (SSSR count). The van der Waals surface area contributed by atoms with Crippen molar-refractivity contribution >= 4 is 0 Å². The molecule has 2 heteroatoms. The molecule has 0 saturated heterocycles. The summed E-state index contributed by atoms with van der Waals surface area (Å²) in [4.78, 5) is 0. The number of aryl methyl sites for hydroxylation is 2. The highest BCUT2D eigenvalue weighted by molar-refractivity contribution is 4.84. The quantitative estimate of drug-likeness (QED) is 0.0511. The second-order valence-corrected chi connectivity index (χ2v) is 14.8. The van der Waals surface area contributed by atoms with Gasteiger partial charge in [-0.1, -0.05) is 207 Å². The van der Waals surface area contributed by atoms with Gasteiger partial charge in [0.15, 0.2) is 0 Å². The van der Waals surface area contributed by atoms with Crippen molar-refractivity contribution in [2.24, 2.45) is 0 Å². The molecule has 0 atom stereocenters. The molecular weight excluding hydrogens is 544 g/mol. The first-order chi connectivity index (χ1) is 22.3. The Morgan fingerprint density at radius 3 is 1.07 bits per heavy atom. The zero-order valence-corrected chi connectivity index (χ0v) is 31.7. The van der Waals surface area contributed by atoms with Gasteiger partial charge in [0.25, 0.3) is 5.82 Å². The van der Waals surface area contributed by atoms with Crippen LogP contribution in [0.2, 0.25) is 0 Å². The van der Waals surface area contributed by atoms with E-state index in [0.29, 0.717) is 0 Å². The van der Waals surface area contributed by atoms with Crippen molar-refractivity contribution in [3.8, 4) is 0 Å². The van der Waals surface area contributed by atoms with Crippen molar-refractivity contribution in [1.82, 2.24) is 4.57 Å². The fourth-order valence-electron chi connectivity index (χ4n) is 7.21. The summed E-state index contributed by atoms with van der Waals surface area (Å²) >= 11 is 0. The first-order valence-corrected chi connectivity index (χ1v) is 21.4. The molecule has 1 aromatic heterocycles. The smallest absolute Gasteiger partial charge is 0.234 e. The average molecular weight is 630 g/mol. The van der Waals surface area contributed by atoms with Crippen LogP contribution >= 0.6 is 0 Å².